The molecule has 7 nitrogen and oxygen atoms in total. The summed E-state index contributed by atoms with van der Waals surface area (Å²) in [6, 6.07) is 7.50. The van der Waals surface area contributed by atoms with Gasteiger partial charge in [-0.1, -0.05) is 11.6 Å². The van der Waals surface area contributed by atoms with E-state index in [2.05, 4.69) is 5.32 Å². The minimum Gasteiger partial charge on any atom is -0.497 e. The van der Waals surface area contributed by atoms with Crippen molar-refractivity contribution in [2.24, 2.45) is 5.92 Å². The molecule has 12 heteroatoms. The second-order valence-electron chi connectivity index (χ2n) is 7.37. The molecule has 1 fully saturated rings. The molecular weight excluding hydrogens is 485 g/mol. The number of benzene rings is 2. The number of halogens is 4. The lowest BCUT2D eigenvalue weighted by Gasteiger charge is -2.31. The minimum absolute atomic E-state index is 0.0214. The molecule has 0 radical (unpaired) electrons. The highest BCUT2D eigenvalue weighted by molar-refractivity contribution is 7.89. The quantitative estimate of drug-likeness (QED) is 0.627. The van der Waals surface area contributed by atoms with E-state index < -0.39 is 39.3 Å². The maximum atomic E-state index is 13.3. The van der Waals surface area contributed by atoms with E-state index in [1.807, 2.05) is 0 Å². The van der Waals surface area contributed by atoms with Gasteiger partial charge in [0, 0.05) is 30.1 Å². The molecule has 1 saturated heterocycles. The fraction of sp³-hybridized carbons (Fsp3) is 0.381. The molecular formula is C21H22ClF3N2O5S. The molecule has 1 aliphatic heterocycles. The Morgan fingerprint density at radius 3 is 2.33 bits per heavy atom. The van der Waals surface area contributed by atoms with Gasteiger partial charge in [-0.2, -0.15) is 17.5 Å². The molecule has 1 aliphatic rings. The number of piperidine rings is 1. The molecule has 2 aromatic carbocycles. The van der Waals surface area contributed by atoms with Crippen LogP contribution >= 0.6 is 11.6 Å². The van der Waals surface area contributed by atoms with Crippen molar-refractivity contribution >= 4 is 33.2 Å². The van der Waals surface area contributed by atoms with Crippen LogP contribution in [0.25, 0.3) is 0 Å². The van der Waals surface area contributed by atoms with E-state index >= 15 is 0 Å². The highest BCUT2D eigenvalue weighted by Gasteiger charge is 2.37. The maximum Gasteiger partial charge on any atom is 0.418 e. The van der Waals surface area contributed by atoms with Gasteiger partial charge in [-0.05, 0) is 43.2 Å². The van der Waals surface area contributed by atoms with Crippen LogP contribution < -0.4 is 14.8 Å². The van der Waals surface area contributed by atoms with E-state index in [4.69, 9.17) is 21.1 Å². The van der Waals surface area contributed by atoms with Crippen molar-refractivity contribution in [3.8, 4) is 11.5 Å². The van der Waals surface area contributed by atoms with Gasteiger partial charge < -0.3 is 14.8 Å². The Kier molecular flexibility index (Phi) is 7.45. The molecule has 3 rings (SSSR count). The fourth-order valence-corrected chi connectivity index (χ4v) is 5.39. The van der Waals surface area contributed by atoms with Gasteiger partial charge in [0.25, 0.3) is 0 Å². The van der Waals surface area contributed by atoms with Crippen LogP contribution in [-0.4, -0.2) is 45.9 Å². The normalized spacial score (nSPS) is 15.8. The molecule has 0 atom stereocenters. The zero-order valence-corrected chi connectivity index (χ0v) is 19.4. The topological polar surface area (TPSA) is 84.9 Å². The van der Waals surface area contributed by atoms with Crippen LogP contribution in [0.5, 0.6) is 11.5 Å². The first kappa shape index (κ1) is 25.1. The van der Waals surface area contributed by atoms with E-state index in [0.29, 0.717) is 5.75 Å². The highest BCUT2D eigenvalue weighted by atomic mass is 35.5. The van der Waals surface area contributed by atoms with Crippen molar-refractivity contribution in [1.29, 1.82) is 0 Å². The summed E-state index contributed by atoms with van der Waals surface area (Å²) in [7, 11) is -1.18. The molecule has 0 aliphatic carbocycles. The Hall–Kier alpha value is -2.50. The first-order valence-corrected chi connectivity index (χ1v) is 11.7. The predicted molar refractivity (Wildman–Crippen MR) is 116 cm³/mol. The van der Waals surface area contributed by atoms with Crippen LogP contribution in [0.15, 0.2) is 41.3 Å². The van der Waals surface area contributed by atoms with Crippen LogP contribution in [0.1, 0.15) is 18.4 Å². The number of carbonyl (C=O) groups excluding carboxylic acids is 1. The Morgan fingerprint density at radius 2 is 1.76 bits per heavy atom. The average Bonchev–Trinajstić information content (AvgIpc) is 2.79. The molecule has 2 aromatic rings. The number of alkyl halides is 3. The first-order valence-electron chi connectivity index (χ1n) is 9.87. The molecule has 0 bridgehead atoms. The number of ether oxygens (including phenoxy) is 2. The van der Waals surface area contributed by atoms with Gasteiger partial charge in [0.2, 0.25) is 15.9 Å². The van der Waals surface area contributed by atoms with Crippen LogP contribution in [-0.2, 0) is 21.0 Å². The van der Waals surface area contributed by atoms with Gasteiger partial charge in [0.05, 0.1) is 25.5 Å². The van der Waals surface area contributed by atoms with Crippen molar-refractivity contribution in [1.82, 2.24) is 4.31 Å². The number of carbonyl (C=O) groups is 1. The van der Waals surface area contributed by atoms with Gasteiger partial charge in [-0.25, -0.2) is 8.42 Å². The van der Waals surface area contributed by atoms with Crippen molar-refractivity contribution in [3.63, 3.8) is 0 Å². The van der Waals surface area contributed by atoms with Crippen molar-refractivity contribution in [2.45, 2.75) is 23.9 Å². The third-order valence-electron chi connectivity index (χ3n) is 5.36. The second kappa shape index (κ2) is 9.78. The number of rotatable bonds is 6. The van der Waals surface area contributed by atoms with E-state index in [9.17, 15) is 26.4 Å². The Morgan fingerprint density at radius 1 is 1.09 bits per heavy atom. The van der Waals surface area contributed by atoms with Crippen molar-refractivity contribution in [2.75, 3.05) is 32.6 Å². The molecule has 1 N–H and O–H groups in total. The number of sulfonamides is 1. The van der Waals surface area contributed by atoms with Crippen molar-refractivity contribution < 1.29 is 35.9 Å². The lowest BCUT2D eigenvalue weighted by atomic mass is 9.97. The van der Waals surface area contributed by atoms with E-state index in [1.165, 1.54) is 36.7 Å². The number of nitrogens with zero attached hydrogens (tertiary/aromatic N) is 1. The van der Waals surface area contributed by atoms with Crippen LogP contribution in [0.2, 0.25) is 5.02 Å². The number of methoxy groups -OCH3 is 2. The van der Waals surface area contributed by atoms with Gasteiger partial charge >= 0.3 is 6.18 Å². The molecule has 33 heavy (non-hydrogen) atoms. The summed E-state index contributed by atoms with van der Waals surface area (Å²) in [5, 5.41) is 2.21. The average molecular weight is 507 g/mol. The SMILES string of the molecule is COc1ccc(OC)c(S(=O)(=O)N2CCC(C(=O)Nc3ccc(Cl)cc3C(F)(F)F)CC2)c1. The second-order valence-corrected chi connectivity index (χ2v) is 9.71. The van der Waals surface area contributed by atoms with Crippen LogP contribution in [0, 0.1) is 5.92 Å². The molecule has 0 unspecified atom stereocenters. The number of hydrogen-bond acceptors (Lipinski definition) is 5. The van der Waals surface area contributed by atoms with Gasteiger partial charge in [0.15, 0.2) is 0 Å². The number of amides is 1. The van der Waals surface area contributed by atoms with Crippen molar-refractivity contribution in [3.05, 3.63) is 47.0 Å². The molecule has 0 spiro atoms. The van der Waals surface area contributed by atoms with Gasteiger partial charge in [-0.15, -0.1) is 0 Å². The smallest absolute Gasteiger partial charge is 0.418 e. The van der Waals surface area contributed by atoms with Crippen LogP contribution in [0.4, 0.5) is 18.9 Å². The van der Waals surface area contributed by atoms with E-state index in [0.717, 1.165) is 12.1 Å². The zero-order valence-electron chi connectivity index (χ0n) is 17.8. The highest BCUT2D eigenvalue weighted by Crippen LogP contribution is 2.37. The Balaban J connectivity index is 1.72. The van der Waals surface area contributed by atoms with Crippen LogP contribution in [0.3, 0.4) is 0 Å². The summed E-state index contributed by atoms with van der Waals surface area (Å²) in [6.45, 7) is 0.0427. The minimum atomic E-state index is -4.69. The largest absolute Gasteiger partial charge is 0.497 e. The van der Waals surface area contributed by atoms with E-state index in [1.54, 1.807) is 6.07 Å². The molecule has 180 valence electrons. The Labute approximate surface area is 194 Å². The summed E-state index contributed by atoms with van der Waals surface area (Å²) in [5.74, 6) is -0.774. The first-order chi connectivity index (χ1) is 15.5. The number of hydrogen-bond donors (Lipinski definition) is 1. The van der Waals surface area contributed by atoms with Gasteiger partial charge in [-0.3, -0.25) is 4.79 Å². The summed E-state index contributed by atoms with van der Waals surface area (Å²) in [5.41, 5.74) is -1.44. The summed E-state index contributed by atoms with van der Waals surface area (Å²) in [6.07, 6.45) is -4.40. The monoisotopic (exact) mass is 506 g/mol. The lowest BCUT2D eigenvalue weighted by Crippen LogP contribution is -2.41. The zero-order chi connectivity index (χ0) is 24.4. The maximum absolute atomic E-state index is 13.3. The molecule has 0 aromatic heterocycles. The molecule has 0 saturated carbocycles. The van der Waals surface area contributed by atoms with E-state index in [-0.39, 0.29) is 41.6 Å². The fourth-order valence-electron chi connectivity index (χ4n) is 3.58. The summed E-state index contributed by atoms with van der Waals surface area (Å²) < 4.78 is 77.6. The number of anilines is 1. The Bertz CT molecular complexity index is 1130. The molecule has 1 heterocycles. The standard InChI is InChI=1S/C21H22ClF3N2O5S/c1-31-15-4-6-18(32-2)19(12-15)33(29,30)27-9-7-13(8-10-27)20(28)26-17-5-3-14(22)11-16(17)21(23,24)25/h3-6,11-13H,7-10H2,1-2H3,(H,26,28). The summed E-state index contributed by atoms with van der Waals surface area (Å²) in [4.78, 5) is 12.6. The lowest BCUT2D eigenvalue weighted by molar-refractivity contribution is -0.137. The van der Waals surface area contributed by atoms with Gasteiger partial charge in [0.1, 0.15) is 16.4 Å². The predicted octanol–water partition coefficient (Wildman–Crippen LogP) is 4.42. The third kappa shape index (κ3) is 5.53. The third-order valence-corrected chi connectivity index (χ3v) is 7.51. The molecule has 1 amide bonds. The number of nitrogens with one attached hydrogen (secondary N) is 1. The summed E-state index contributed by atoms with van der Waals surface area (Å²) >= 11 is 5.67.